The molecular formula is C30H36ClN5O2. The average Bonchev–Trinajstić information content (AvgIpc) is 3.59. The number of H-pyrrole nitrogens is 1. The van der Waals surface area contributed by atoms with E-state index in [2.05, 4.69) is 40.2 Å². The van der Waals surface area contributed by atoms with E-state index < -0.39 is 0 Å². The van der Waals surface area contributed by atoms with Crippen molar-refractivity contribution in [2.24, 2.45) is 12.2 Å². The number of likely N-dealkylation sites (tertiary alicyclic amines) is 1. The van der Waals surface area contributed by atoms with Gasteiger partial charge in [-0.25, -0.2) is 0 Å². The molecule has 0 saturated carbocycles. The van der Waals surface area contributed by atoms with Gasteiger partial charge in [-0.1, -0.05) is 35.0 Å². The maximum Gasteiger partial charge on any atom is 0.121 e. The quantitative estimate of drug-likeness (QED) is 0.175. The zero-order valence-corrected chi connectivity index (χ0v) is 23.5. The molecule has 3 heterocycles. The molecule has 0 aliphatic carbocycles. The van der Waals surface area contributed by atoms with Crippen LogP contribution in [0.3, 0.4) is 0 Å². The molecule has 38 heavy (non-hydrogen) atoms. The number of hydrogen-bond donors (Lipinski definition) is 1. The van der Waals surface area contributed by atoms with Gasteiger partial charge >= 0.3 is 0 Å². The first-order chi connectivity index (χ1) is 18.4. The molecule has 1 N–H and O–H groups in total. The minimum absolute atomic E-state index is 0.118. The first-order valence-corrected chi connectivity index (χ1v) is 13.8. The van der Waals surface area contributed by atoms with Crippen molar-refractivity contribution in [1.29, 1.82) is 0 Å². The molecule has 200 valence electrons. The van der Waals surface area contributed by atoms with Crippen molar-refractivity contribution in [2.45, 2.75) is 59.5 Å². The van der Waals surface area contributed by atoms with Crippen LogP contribution in [0, 0.1) is 25.7 Å². The second kappa shape index (κ2) is 11.3. The van der Waals surface area contributed by atoms with Gasteiger partial charge in [0, 0.05) is 46.5 Å². The van der Waals surface area contributed by atoms with Gasteiger partial charge in [-0.15, -0.1) is 0 Å². The highest BCUT2D eigenvalue weighted by molar-refractivity contribution is 6.32. The number of halogens is 1. The molecule has 1 aliphatic heterocycles. The summed E-state index contributed by atoms with van der Waals surface area (Å²) < 4.78 is 8.03. The fourth-order valence-electron chi connectivity index (χ4n) is 5.74. The van der Waals surface area contributed by atoms with E-state index in [1.54, 1.807) is 0 Å². The van der Waals surface area contributed by atoms with Crippen molar-refractivity contribution in [3.8, 4) is 16.9 Å². The van der Waals surface area contributed by atoms with Crippen molar-refractivity contribution < 1.29 is 4.74 Å². The summed E-state index contributed by atoms with van der Waals surface area (Å²) in [5.74, 6) is 0.831. The maximum absolute atomic E-state index is 11.3. The molecule has 7 nitrogen and oxygen atoms in total. The molecule has 1 saturated heterocycles. The molecule has 2 aromatic heterocycles. The third-order valence-corrected chi connectivity index (χ3v) is 8.35. The van der Waals surface area contributed by atoms with E-state index in [0.717, 1.165) is 93.5 Å². The molecule has 0 spiro atoms. The van der Waals surface area contributed by atoms with Gasteiger partial charge in [0.2, 0.25) is 0 Å². The third-order valence-electron chi connectivity index (χ3n) is 7.75. The number of aromatic amines is 1. The van der Waals surface area contributed by atoms with Gasteiger partial charge in [-0.2, -0.15) is 10.0 Å². The van der Waals surface area contributed by atoms with Crippen molar-refractivity contribution in [1.82, 2.24) is 19.7 Å². The van der Waals surface area contributed by atoms with Crippen LogP contribution in [0.4, 0.5) is 0 Å². The smallest absolute Gasteiger partial charge is 0.121 e. The normalized spacial score (nSPS) is 14.0. The number of nitrogens with zero attached hydrogens (tertiary/aromatic N) is 4. The van der Waals surface area contributed by atoms with E-state index in [1.165, 1.54) is 18.4 Å². The van der Waals surface area contributed by atoms with Crippen molar-refractivity contribution in [3.63, 3.8) is 0 Å². The zero-order valence-electron chi connectivity index (χ0n) is 22.7. The van der Waals surface area contributed by atoms with E-state index in [-0.39, 0.29) is 6.54 Å². The summed E-state index contributed by atoms with van der Waals surface area (Å²) in [7, 11) is 2.01. The number of nitroso groups, excluding NO2 is 1. The molecule has 0 amide bonds. The van der Waals surface area contributed by atoms with Gasteiger partial charge in [-0.05, 0) is 88.4 Å². The number of aromatic nitrogens is 3. The van der Waals surface area contributed by atoms with E-state index in [9.17, 15) is 4.91 Å². The van der Waals surface area contributed by atoms with Crippen molar-refractivity contribution in [2.75, 3.05) is 19.7 Å². The van der Waals surface area contributed by atoms with Crippen LogP contribution in [0.1, 0.15) is 53.0 Å². The average molecular weight is 534 g/mol. The van der Waals surface area contributed by atoms with Crippen LogP contribution in [0.2, 0.25) is 5.02 Å². The fraction of sp³-hybridized carbons (Fsp3) is 0.433. The van der Waals surface area contributed by atoms with Gasteiger partial charge in [0.25, 0.3) is 0 Å². The summed E-state index contributed by atoms with van der Waals surface area (Å²) in [5, 5.41) is 10.0. The Morgan fingerprint density at radius 3 is 2.58 bits per heavy atom. The molecule has 0 radical (unpaired) electrons. The lowest BCUT2D eigenvalue weighted by molar-refractivity contribution is 0.310. The molecule has 0 unspecified atom stereocenters. The topological polar surface area (TPSA) is 75.5 Å². The minimum Gasteiger partial charge on any atom is -0.494 e. The Kier molecular flexibility index (Phi) is 7.86. The summed E-state index contributed by atoms with van der Waals surface area (Å²) in [4.78, 5) is 17.4. The van der Waals surface area contributed by atoms with Crippen LogP contribution in [-0.4, -0.2) is 39.4 Å². The summed E-state index contributed by atoms with van der Waals surface area (Å²) in [6.45, 7) is 9.90. The van der Waals surface area contributed by atoms with E-state index in [0.29, 0.717) is 6.61 Å². The molecule has 2 aromatic carbocycles. The Morgan fingerprint density at radius 1 is 1.13 bits per heavy atom. The number of fused-ring (bicyclic) bond motifs is 1. The van der Waals surface area contributed by atoms with Crippen LogP contribution >= 0.6 is 11.6 Å². The first kappa shape index (κ1) is 26.4. The lowest BCUT2D eigenvalue weighted by Crippen LogP contribution is -2.19. The zero-order chi connectivity index (χ0) is 26.8. The van der Waals surface area contributed by atoms with Crippen LogP contribution in [0.5, 0.6) is 5.75 Å². The Morgan fingerprint density at radius 2 is 1.87 bits per heavy atom. The number of para-hydroxylation sites is 1. The van der Waals surface area contributed by atoms with Crippen molar-refractivity contribution in [3.05, 3.63) is 74.0 Å². The number of aryl methyl sites for hydroxylation is 4. The lowest BCUT2D eigenvalue weighted by atomic mass is 9.98. The standard InChI is InChI=1S/C30H36ClN5O2/c1-19-15-22(16-20(2)29(19)31)38-14-8-11-23-24-9-7-10-25(30(24)33-26(23)17-32-37)28-21(3)35(4)34-27(28)18-36-12-5-6-13-36/h7,9-10,15-16,33H,5-6,8,11-14,17-18H2,1-4H3. The minimum atomic E-state index is 0.118. The number of rotatable bonds is 10. The molecule has 5 rings (SSSR count). The number of benzene rings is 2. The van der Waals surface area contributed by atoms with Crippen LogP contribution in [0.25, 0.3) is 22.0 Å². The molecule has 0 atom stereocenters. The maximum atomic E-state index is 11.3. The van der Waals surface area contributed by atoms with Gasteiger partial charge < -0.3 is 9.72 Å². The summed E-state index contributed by atoms with van der Waals surface area (Å²) in [5.41, 5.74) is 9.64. The van der Waals surface area contributed by atoms with Gasteiger partial charge in [-0.3, -0.25) is 9.58 Å². The highest BCUT2D eigenvalue weighted by Gasteiger charge is 2.23. The fourth-order valence-corrected chi connectivity index (χ4v) is 5.85. The Labute approximate surface area is 229 Å². The van der Waals surface area contributed by atoms with E-state index >= 15 is 0 Å². The SMILES string of the molecule is Cc1cc(OCCCc2c(CN=O)[nH]c3c(-c4c(CN5CCCC5)nn(C)c4C)cccc23)cc(C)c1Cl. The van der Waals surface area contributed by atoms with Gasteiger partial charge in [0.05, 0.1) is 17.8 Å². The number of hydrogen-bond acceptors (Lipinski definition) is 5. The van der Waals surface area contributed by atoms with Crippen LogP contribution in [-0.2, 0) is 26.6 Å². The monoisotopic (exact) mass is 533 g/mol. The predicted octanol–water partition coefficient (Wildman–Crippen LogP) is 7.02. The second-order valence-electron chi connectivity index (χ2n) is 10.4. The Bertz CT molecular complexity index is 1440. The molecular weight excluding hydrogens is 498 g/mol. The second-order valence-corrected chi connectivity index (χ2v) is 10.8. The van der Waals surface area contributed by atoms with E-state index in [1.807, 2.05) is 37.7 Å². The van der Waals surface area contributed by atoms with Crippen LogP contribution < -0.4 is 4.74 Å². The van der Waals surface area contributed by atoms with E-state index in [4.69, 9.17) is 21.4 Å². The third kappa shape index (κ3) is 5.22. The molecule has 8 heteroatoms. The van der Waals surface area contributed by atoms with Gasteiger partial charge in [0.1, 0.15) is 12.3 Å². The molecule has 0 bridgehead atoms. The molecule has 1 fully saturated rings. The Hall–Kier alpha value is -3.16. The van der Waals surface area contributed by atoms with Crippen molar-refractivity contribution >= 4 is 22.5 Å². The number of ether oxygens (including phenoxy) is 1. The summed E-state index contributed by atoms with van der Waals surface area (Å²) in [6, 6.07) is 10.4. The first-order valence-electron chi connectivity index (χ1n) is 13.4. The molecule has 1 aliphatic rings. The highest BCUT2D eigenvalue weighted by atomic mass is 35.5. The lowest BCUT2D eigenvalue weighted by Gasteiger charge is -2.14. The summed E-state index contributed by atoms with van der Waals surface area (Å²) >= 11 is 6.30. The number of nitrogens with one attached hydrogen (secondary N) is 1. The predicted molar refractivity (Wildman–Crippen MR) is 154 cm³/mol. The van der Waals surface area contributed by atoms with Gasteiger partial charge in [0.15, 0.2) is 0 Å². The highest BCUT2D eigenvalue weighted by Crippen LogP contribution is 2.36. The largest absolute Gasteiger partial charge is 0.494 e. The van der Waals surface area contributed by atoms with Crippen LogP contribution in [0.15, 0.2) is 35.5 Å². The Balaban J connectivity index is 1.43. The summed E-state index contributed by atoms with van der Waals surface area (Å²) in [6.07, 6.45) is 4.10. The molecule has 4 aromatic rings.